The van der Waals surface area contributed by atoms with Crippen molar-refractivity contribution in [3.05, 3.63) is 93.6 Å². The normalized spacial score (nSPS) is 21.3. The van der Waals surface area contributed by atoms with Gasteiger partial charge in [-0.25, -0.2) is 19.2 Å². The van der Waals surface area contributed by atoms with Crippen molar-refractivity contribution in [2.45, 2.75) is 140 Å². The summed E-state index contributed by atoms with van der Waals surface area (Å²) in [7, 11) is 1.97. The van der Waals surface area contributed by atoms with E-state index in [0.717, 1.165) is 125 Å². The number of halogens is 2. The highest BCUT2D eigenvalue weighted by Gasteiger charge is 2.41. The number of ether oxygens (including phenoxy) is 1. The molecule has 0 spiro atoms. The Morgan fingerprint density at radius 3 is 2.45 bits per heavy atom. The summed E-state index contributed by atoms with van der Waals surface area (Å²) in [6, 6.07) is 12.5. The lowest BCUT2D eigenvalue weighted by Gasteiger charge is -2.36. The van der Waals surface area contributed by atoms with E-state index < -0.39 is 17.8 Å². The van der Waals surface area contributed by atoms with Gasteiger partial charge in [0.1, 0.15) is 11.9 Å². The lowest BCUT2D eigenvalue weighted by Crippen LogP contribution is -2.52. The third-order valence-corrected chi connectivity index (χ3v) is 14.9. The number of amides is 4. The van der Waals surface area contributed by atoms with Crippen molar-refractivity contribution in [3.8, 4) is 11.3 Å². The number of benzene rings is 2. The van der Waals surface area contributed by atoms with Crippen molar-refractivity contribution in [2.24, 2.45) is 13.0 Å². The fourth-order valence-corrected chi connectivity index (χ4v) is 10.8. The molecule has 9 rings (SSSR count). The average molecular weight is 937 g/mol. The topological polar surface area (TPSA) is 155 Å². The molecule has 2 aromatic carbocycles. The van der Waals surface area contributed by atoms with Crippen LogP contribution < -0.4 is 10.6 Å². The second kappa shape index (κ2) is 21.3. The first-order chi connectivity index (χ1) is 32.6. The predicted octanol–water partition coefficient (Wildman–Crippen LogP) is 8.58. The van der Waals surface area contributed by atoms with Crippen molar-refractivity contribution < 1.29 is 28.3 Å². The third kappa shape index (κ3) is 11.3. The number of carbonyl (C=O) groups excluding carboxylic acids is 4. The van der Waals surface area contributed by atoms with Crippen molar-refractivity contribution >= 4 is 41.4 Å². The summed E-state index contributed by atoms with van der Waals surface area (Å²) in [6.45, 7) is 3.96. The van der Waals surface area contributed by atoms with Gasteiger partial charge >= 0.3 is 6.09 Å². The number of aromatic nitrogens is 4. The molecular formula is C51H63ClFN9O5. The first-order valence-corrected chi connectivity index (χ1v) is 24.9. The Morgan fingerprint density at radius 2 is 1.69 bits per heavy atom. The Bertz CT molecular complexity index is 2410. The molecule has 2 N–H and O–H groups in total. The van der Waals surface area contributed by atoms with E-state index in [-0.39, 0.29) is 55.3 Å². The minimum Gasteiger partial charge on any atom is -0.449 e. The molecule has 0 radical (unpaired) electrons. The minimum atomic E-state index is -0.720. The van der Waals surface area contributed by atoms with Gasteiger partial charge in [0.2, 0.25) is 17.8 Å². The van der Waals surface area contributed by atoms with E-state index in [0.29, 0.717) is 41.3 Å². The van der Waals surface area contributed by atoms with E-state index in [1.807, 2.05) is 41.0 Å². The van der Waals surface area contributed by atoms with Crippen molar-refractivity contribution in [1.82, 2.24) is 39.8 Å². The Kier molecular flexibility index (Phi) is 14.8. The quantitative estimate of drug-likeness (QED) is 0.0733. The van der Waals surface area contributed by atoms with Gasteiger partial charge in [0, 0.05) is 55.5 Å². The largest absolute Gasteiger partial charge is 0.449 e. The van der Waals surface area contributed by atoms with E-state index in [2.05, 4.69) is 37.7 Å². The lowest BCUT2D eigenvalue weighted by molar-refractivity contribution is -0.136. The van der Waals surface area contributed by atoms with Crippen molar-refractivity contribution in [3.63, 3.8) is 0 Å². The Hall–Kier alpha value is -5.41. The molecule has 1 unspecified atom stereocenters. The molecule has 0 bridgehead atoms. The van der Waals surface area contributed by atoms with Crippen LogP contribution in [0.2, 0.25) is 5.02 Å². The lowest BCUT2D eigenvalue weighted by atomic mass is 9.85. The van der Waals surface area contributed by atoms with Crippen LogP contribution in [0, 0.1) is 11.7 Å². The Morgan fingerprint density at radius 1 is 0.925 bits per heavy atom. The van der Waals surface area contributed by atoms with Gasteiger partial charge in [0.15, 0.2) is 0 Å². The van der Waals surface area contributed by atoms with Crippen molar-refractivity contribution in [2.75, 3.05) is 31.6 Å². The van der Waals surface area contributed by atoms with Crippen LogP contribution in [0.1, 0.15) is 135 Å². The maximum absolute atomic E-state index is 14.9. The van der Waals surface area contributed by atoms with Crippen LogP contribution in [0.15, 0.2) is 54.9 Å². The maximum Gasteiger partial charge on any atom is 0.410 e. The van der Waals surface area contributed by atoms with Crippen LogP contribution in [-0.2, 0) is 40.9 Å². The maximum atomic E-state index is 14.9. The third-order valence-electron chi connectivity index (χ3n) is 14.7. The van der Waals surface area contributed by atoms with E-state index in [4.69, 9.17) is 21.3 Å². The molecule has 2 aliphatic carbocycles. The molecule has 5 heterocycles. The number of rotatable bonds is 18. The highest BCUT2D eigenvalue weighted by molar-refractivity contribution is 6.33. The van der Waals surface area contributed by atoms with Crippen LogP contribution in [0.3, 0.4) is 0 Å². The summed E-state index contributed by atoms with van der Waals surface area (Å²) in [5, 5.41) is 10.9. The second-order valence-electron chi connectivity index (χ2n) is 19.3. The van der Waals surface area contributed by atoms with Gasteiger partial charge in [-0.05, 0) is 137 Å². The predicted molar refractivity (Wildman–Crippen MR) is 253 cm³/mol. The van der Waals surface area contributed by atoms with Gasteiger partial charge in [0.25, 0.3) is 5.91 Å². The molecule has 4 amide bonds. The summed E-state index contributed by atoms with van der Waals surface area (Å²) in [5.74, 6) is -0.164. The van der Waals surface area contributed by atoms with Gasteiger partial charge in [-0.2, -0.15) is 5.10 Å². The number of aryl methyl sites for hydroxylation is 1. The Labute approximate surface area is 397 Å². The second-order valence-corrected chi connectivity index (χ2v) is 19.8. The minimum absolute atomic E-state index is 0.0621. The van der Waals surface area contributed by atoms with Gasteiger partial charge in [0.05, 0.1) is 29.7 Å². The molecule has 2 saturated heterocycles. The molecule has 5 aliphatic rings. The van der Waals surface area contributed by atoms with Gasteiger partial charge in [-0.1, -0.05) is 61.2 Å². The summed E-state index contributed by atoms with van der Waals surface area (Å²) in [6.07, 6.45) is 17.4. The fraction of sp³-hybridized carbons (Fsp3) is 0.549. The van der Waals surface area contributed by atoms with Crippen LogP contribution in [0.5, 0.6) is 0 Å². The van der Waals surface area contributed by atoms with E-state index in [9.17, 15) is 23.6 Å². The summed E-state index contributed by atoms with van der Waals surface area (Å²) >= 11 is 6.65. The van der Waals surface area contributed by atoms with Crippen LogP contribution in [0.4, 0.5) is 15.1 Å². The summed E-state index contributed by atoms with van der Waals surface area (Å²) in [4.78, 5) is 66.6. The fourth-order valence-electron chi connectivity index (χ4n) is 10.7. The standard InChI is InChI=1S/C51H63ClFN9O5/c1-59-45(26-33-12-13-33)41(29-55-59)47-43(52)30-54-50(58-47)56-37-14-16-38(17-15-37)61(31-34-10-6-5-7-11-34)51(66)67-25-9-4-2-3-8-22-60-23-20-35(21-24-60)39-27-36(53)28-40-42(39)32-62(49(40)65)44-18-19-46(63)57-48(44)64/h5-7,10-11,27-30,33,35,37-38,44H,2-4,8-9,12-26,31-32H2,1H3,(H,54,56,58)(H,57,63,64). The molecule has 67 heavy (non-hydrogen) atoms. The first-order valence-electron chi connectivity index (χ1n) is 24.5. The van der Waals surface area contributed by atoms with Gasteiger partial charge in [-0.15, -0.1) is 0 Å². The summed E-state index contributed by atoms with van der Waals surface area (Å²) in [5.41, 5.74) is 5.94. The number of carbonyl (C=O) groups is 4. The number of nitrogens with one attached hydrogen (secondary N) is 2. The number of hydrogen-bond donors (Lipinski definition) is 2. The SMILES string of the molecule is Cn1ncc(-c2nc(NC3CCC(N(Cc4ccccc4)C(=O)OCCCCCCCN4CCC(c5cc(F)cc6c5CN(C5CCC(=O)NC5=O)C6=O)CC4)CC3)ncc2Cl)c1CC1CC1. The number of piperidine rings is 2. The van der Waals surface area contributed by atoms with Crippen molar-refractivity contribution in [1.29, 1.82) is 0 Å². The highest BCUT2D eigenvalue weighted by atomic mass is 35.5. The molecule has 14 nitrogen and oxygen atoms in total. The molecule has 4 fully saturated rings. The molecule has 2 saturated carbocycles. The summed E-state index contributed by atoms with van der Waals surface area (Å²) < 4.78 is 22.8. The molecular weight excluding hydrogens is 873 g/mol. The number of hydrogen-bond acceptors (Lipinski definition) is 10. The van der Waals surface area contributed by atoms with Gasteiger partial charge < -0.3 is 24.8 Å². The van der Waals surface area contributed by atoms with Crippen LogP contribution in [0.25, 0.3) is 11.3 Å². The Balaban J connectivity index is 0.691. The van der Waals surface area contributed by atoms with Crippen LogP contribution in [-0.4, -0.2) is 103 Å². The molecule has 356 valence electrons. The molecule has 1 atom stereocenters. The monoisotopic (exact) mass is 935 g/mol. The zero-order chi connectivity index (χ0) is 46.4. The highest BCUT2D eigenvalue weighted by Crippen LogP contribution is 2.39. The van der Waals surface area contributed by atoms with E-state index >= 15 is 0 Å². The van der Waals surface area contributed by atoms with E-state index in [1.165, 1.54) is 23.8 Å². The smallest absolute Gasteiger partial charge is 0.410 e. The zero-order valence-corrected chi connectivity index (χ0v) is 39.3. The molecule has 16 heteroatoms. The molecule has 4 aromatic rings. The first kappa shape index (κ1) is 46.7. The van der Waals surface area contributed by atoms with Gasteiger partial charge in [-0.3, -0.25) is 24.4 Å². The molecule has 2 aromatic heterocycles. The zero-order valence-electron chi connectivity index (χ0n) is 38.6. The molecule has 3 aliphatic heterocycles. The average Bonchev–Trinajstić information content (AvgIpc) is 4.01. The number of unbranched alkanes of at least 4 members (excludes halogenated alkanes) is 4. The van der Waals surface area contributed by atoms with Crippen LogP contribution >= 0.6 is 11.6 Å². The number of nitrogens with zero attached hydrogens (tertiary/aromatic N) is 7. The number of fused-ring (bicyclic) bond motifs is 1. The number of imide groups is 1. The number of anilines is 1. The number of likely N-dealkylation sites (tertiary alicyclic amines) is 1. The van der Waals surface area contributed by atoms with E-state index in [1.54, 1.807) is 12.3 Å².